The molecular formula is C15H26N2O2S. The first-order valence-corrected chi connectivity index (χ1v) is 8.43. The monoisotopic (exact) mass is 298 g/mol. The van der Waals surface area contributed by atoms with Crippen LogP contribution in [0.5, 0.6) is 0 Å². The van der Waals surface area contributed by atoms with Gasteiger partial charge in [0.2, 0.25) is 10.0 Å². The summed E-state index contributed by atoms with van der Waals surface area (Å²) in [6.45, 7) is 9.03. The number of sulfonamides is 1. The third-order valence-electron chi connectivity index (χ3n) is 3.59. The second-order valence-electron chi connectivity index (χ2n) is 6.13. The van der Waals surface area contributed by atoms with Gasteiger partial charge in [0.25, 0.3) is 0 Å². The Morgan fingerprint density at radius 1 is 1.20 bits per heavy atom. The minimum atomic E-state index is -3.44. The highest BCUT2D eigenvalue weighted by molar-refractivity contribution is 7.89. The van der Waals surface area contributed by atoms with Gasteiger partial charge in [-0.2, -0.15) is 0 Å². The van der Waals surface area contributed by atoms with Crippen LogP contribution in [0.25, 0.3) is 0 Å². The van der Waals surface area contributed by atoms with Gasteiger partial charge in [-0.1, -0.05) is 19.9 Å². The van der Waals surface area contributed by atoms with E-state index in [9.17, 15) is 8.42 Å². The zero-order valence-corrected chi connectivity index (χ0v) is 13.7. The predicted molar refractivity (Wildman–Crippen MR) is 83.2 cm³/mol. The maximum Gasteiger partial charge on any atom is 0.240 e. The third-order valence-corrected chi connectivity index (χ3v) is 4.99. The van der Waals surface area contributed by atoms with Crippen LogP contribution in [0, 0.1) is 19.3 Å². The second-order valence-corrected chi connectivity index (χ2v) is 7.89. The quantitative estimate of drug-likeness (QED) is 0.811. The zero-order valence-electron chi connectivity index (χ0n) is 12.9. The van der Waals surface area contributed by atoms with E-state index < -0.39 is 10.0 Å². The molecule has 0 bridgehead atoms. The third kappa shape index (κ3) is 4.89. The van der Waals surface area contributed by atoms with Crippen LogP contribution in [0.15, 0.2) is 23.1 Å². The zero-order chi connectivity index (χ0) is 15.4. The summed E-state index contributed by atoms with van der Waals surface area (Å²) in [5.41, 5.74) is 7.48. The number of aryl methyl sites for hydroxylation is 2. The highest BCUT2D eigenvalue weighted by atomic mass is 32.2. The normalized spacial score (nSPS) is 12.7. The molecule has 114 valence electrons. The predicted octanol–water partition coefficient (Wildman–Crippen LogP) is 2.35. The molecule has 3 N–H and O–H groups in total. The van der Waals surface area contributed by atoms with E-state index in [1.807, 2.05) is 33.8 Å². The van der Waals surface area contributed by atoms with Crippen molar-refractivity contribution in [3.8, 4) is 0 Å². The molecule has 0 aliphatic rings. The lowest BCUT2D eigenvalue weighted by Crippen LogP contribution is -2.34. The molecule has 0 amide bonds. The minimum Gasteiger partial charge on any atom is -0.330 e. The summed E-state index contributed by atoms with van der Waals surface area (Å²) in [5.74, 6) is 0. The molecule has 1 aromatic carbocycles. The number of nitrogens with one attached hydrogen (secondary N) is 1. The van der Waals surface area contributed by atoms with Crippen LogP contribution in [-0.2, 0) is 10.0 Å². The highest BCUT2D eigenvalue weighted by Gasteiger charge is 2.22. The van der Waals surface area contributed by atoms with E-state index in [1.165, 1.54) is 0 Å². The van der Waals surface area contributed by atoms with E-state index in [-0.39, 0.29) is 5.41 Å². The molecule has 0 unspecified atom stereocenters. The Hall–Kier alpha value is -0.910. The van der Waals surface area contributed by atoms with Crippen molar-refractivity contribution in [3.05, 3.63) is 29.3 Å². The molecule has 0 atom stereocenters. The van der Waals surface area contributed by atoms with E-state index in [2.05, 4.69) is 4.72 Å². The Labute approximate surface area is 122 Å². The van der Waals surface area contributed by atoms with E-state index >= 15 is 0 Å². The molecule has 20 heavy (non-hydrogen) atoms. The first-order valence-electron chi connectivity index (χ1n) is 6.95. The Balaban J connectivity index is 2.77. The molecule has 0 heterocycles. The van der Waals surface area contributed by atoms with Crippen molar-refractivity contribution < 1.29 is 8.42 Å². The van der Waals surface area contributed by atoms with E-state index in [4.69, 9.17) is 5.73 Å². The molecule has 0 saturated heterocycles. The van der Waals surface area contributed by atoms with Crippen LogP contribution >= 0.6 is 0 Å². The van der Waals surface area contributed by atoms with Crippen molar-refractivity contribution in [3.63, 3.8) is 0 Å². The van der Waals surface area contributed by atoms with Crippen molar-refractivity contribution in [1.82, 2.24) is 4.72 Å². The molecule has 0 aliphatic carbocycles. The number of hydrogen-bond acceptors (Lipinski definition) is 3. The molecule has 0 spiro atoms. The Morgan fingerprint density at radius 2 is 1.85 bits per heavy atom. The lowest BCUT2D eigenvalue weighted by Gasteiger charge is -2.24. The van der Waals surface area contributed by atoms with Gasteiger partial charge < -0.3 is 5.73 Å². The van der Waals surface area contributed by atoms with Crippen molar-refractivity contribution in [1.29, 1.82) is 0 Å². The fourth-order valence-corrected chi connectivity index (χ4v) is 3.25. The van der Waals surface area contributed by atoms with Crippen molar-refractivity contribution in [2.75, 3.05) is 13.1 Å². The van der Waals surface area contributed by atoms with Crippen LogP contribution < -0.4 is 10.5 Å². The average Bonchev–Trinajstić information content (AvgIpc) is 2.37. The summed E-state index contributed by atoms with van der Waals surface area (Å²) in [6.07, 6.45) is 1.80. The molecule has 0 aromatic heterocycles. The molecule has 0 saturated carbocycles. The number of rotatable bonds is 7. The summed E-state index contributed by atoms with van der Waals surface area (Å²) in [5, 5.41) is 0. The maximum atomic E-state index is 12.3. The maximum absolute atomic E-state index is 12.3. The van der Waals surface area contributed by atoms with Crippen LogP contribution in [0.2, 0.25) is 0 Å². The number of nitrogens with two attached hydrogens (primary N) is 1. The van der Waals surface area contributed by atoms with E-state index in [0.717, 1.165) is 24.0 Å². The van der Waals surface area contributed by atoms with Gasteiger partial charge in [-0.05, 0) is 61.9 Å². The molecule has 0 radical (unpaired) electrons. The van der Waals surface area contributed by atoms with Gasteiger partial charge >= 0.3 is 0 Å². The molecule has 0 fully saturated rings. The minimum absolute atomic E-state index is 0.0911. The SMILES string of the molecule is Cc1ccc(S(=O)(=O)NCC(C)(C)CCCN)cc1C. The number of hydrogen-bond donors (Lipinski definition) is 2. The fourth-order valence-electron chi connectivity index (χ4n) is 1.92. The summed E-state index contributed by atoms with van der Waals surface area (Å²) in [4.78, 5) is 0.329. The standard InChI is InChI=1S/C15H26N2O2S/c1-12-6-7-14(10-13(12)2)20(18,19)17-11-15(3,4)8-5-9-16/h6-7,10,17H,5,8-9,11,16H2,1-4H3. The smallest absolute Gasteiger partial charge is 0.240 e. The fraction of sp³-hybridized carbons (Fsp3) is 0.600. The number of benzene rings is 1. The molecule has 5 heteroatoms. The second kappa shape index (κ2) is 6.70. The lowest BCUT2D eigenvalue weighted by atomic mass is 9.88. The molecule has 1 aromatic rings. The largest absolute Gasteiger partial charge is 0.330 e. The Kier molecular flexibility index (Phi) is 5.74. The summed E-state index contributed by atoms with van der Waals surface area (Å²) in [7, 11) is -3.44. The highest BCUT2D eigenvalue weighted by Crippen LogP contribution is 2.22. The first kappa shape index (κ1) is 17.1. The van der Waals surface area contributed by atoms with Crippen molar-refractivity contribution in [2.24, 2.45) is 11.1 Å². The van der Waals surface area contributed by atoms with Crippen LogP contribution in [-0.4, -0.2) is 21.5 Å². The Bertz CT molecular complexity index is 551. The van der Waals surface area contributed by atoms with Gasteiger partial charge in [-0.3, -0.25) is 0 Å². The van der Waals surface area contributed by atoms with E-state index in [0.29, 0.717) is 18.0 Å². The Morgan fingerprint density at radius 3 is 2.40 bits per heavy atom. The van der Waals surface area contributed by atoms with Crippen molar-refractivity contribution in [2.45, 2.75) is 45.4 Å². The molecule has 4 nitrogen and oxygen atoms in total. The van der Waals surface area contributed by atoms with Gasteiger partial charge in [-0.15, -0.1) is 0 Å². The van der Waals surface area contributed by atoms with Crippen molar-refractivity contribution >= 4 is 10.0 Å². The van der Waals surface area contributed by atoms with Crippen LogP contribution in [0.4, 0.5) is 0 Å². The average molecular weight is 298 g/mol. The van der Waals surface area contributed by atoms with Gasteiger partial charge in [-0.25, -0.2) is 13.1 Å². The summed E-state index contributed by atoms with van der Waals surface area (Å²) >= 11 is 0. The van der Waals surface area contributed by atoms with Gasteiger partial charge in [0.1, 0.15) is 0 Å². The van der Waals surface area contributed by atoms with Gasteiger partial charge in [0.15, 0.2) is 0 Å². The summed E-state index contributed by atoms with van der Waals surface area (Å²) in [6, 6.07) is 5.20. The molecular weight excluding hydrogens is 272 g/mol. The molecule has 0 aliphatic heterocycles. The lowest BCUT2D eigenvalue weighted by molar-refractivity contribution is 0.327. The first-order chi connectivity index (χ1) is 9.18. The van der Waals surface area contributed by atoms with Crippen LogP contribution in [0.1, 0.15) is 37.8 Å². The van der Waals surface area contributed by atoms with Gasteiger partial charge in [0, 0.05) is 6.54 Å². The summed E-state index contributed by atoms with van der Waals surface area (Å²) < 4.78 is 27.3. The van der Waals surface area contributed by atoms with E-state index in [1.54, 1.807) is 12.1 Å². The van der Waals surface area contributed by atoms with Crippen LogP contribution in [0.3, 0.4) is 0 Å². The topological polar surface area (TPSA) is 72.2 Å². The molecule has 1 rings (SSSR count). The van der Waals surface area contributed by atoms with Gasteiger partial charge in [0.05, 0.1) is 4.90 Å².